The molecular formula is C17H16O3. The average Bonchev–Trinajstić information content (AvgIpc) is 2.46. The second-order valence-corrected chi connectivity index (χ2v) is 4.55. The number of carboxylic acid groups (broad SMARTS) is 1. The van der Waals surface area contributed by atoms with Gasteiger partial charge < -0.3 is 10.2 Å². The summed E-state index contributed by atoms with van der Waals surface area (Å²) in [4.78, 5) is 11.3. The van der Waals surface area contributed by atoms with Gasteiger partial charge in [-0.3, -0.25) is 0 Å². The first kappa shape index (κ1) is 13.9. The third kappa shape index (κ3) is 3.99. The number of aliphatic carboxylic acids is 1. The summed E-state index contributed by atoms with van der Waals surface area (Å²) < 4.78 is 0. The van der Waals surface area contributed by atoms with Crippen LogP contribution in [0.3, 0.4) is 0 Å². The van der Waals surface area contributed by atoms with Gasteiger partial charge in [-0.15, -0.1) is 0 Å². The summed E-state index contributed by atoms with van der Waals surface area (Å²) in [5.41, 5.74) is 2.25. The van der Waals surface area contributed by atoms with Gasteiger partial charge in [-0.1, -0.05) is 42.5 Å². The summed E-state index contributed by atoms with van der Waals surface area (Å²) >= 11 is 0. The van der Waals surface area contributed by atoms with Gasteiger partial charge in [0.05, 0.1) is 0 Å². The molecular weight excluding hydrogens is 252 g/mol. The molecule has 0 bridgehead atoms. The summed E-state index contributed by atoms with van der Waals surface area (Å²) in [6, 6.07) is 16.3. The third-order valence-corrected chi connectivity index (χ3v) is 3.03. The minimum absolute atomic E-state index is 0.170. The minimum Gasteiger partial charge on any atom is -0.508 e. The van der Waals surface area contributed by atoms with Crippen LogP contribution < -0.4 is 0 Å². The van der Waals surface area contributed by atoms with Gasteiger partial charge in [-0.05, 0) is 42.2 Å². The highest BCUT2D eigenvalue weighted by Crippen LogP contribution is 2.16. The van der Waals surface area contributed by atoms with Crippen LogP contribution in [-0.2, 0) is 11.2 Å². The number of aryl methyl sites for hydroxylation is 1. The predicted molar refractivity (Wildman–Crippen MR) is 78.5 cm³/mol. The van der Waals surface area contributed by atoms with Crippen molar-refractivity contribution in [2.24, 2.45) is 0 Å². The molecule has 3 heteroatoms. The van der Waals surface area contributed by atoms with Crippen molar-refractivity contribution < 1.29 is 15.0 Å². The van der Waals surface area contributed by atoms with E-state index in [-0.39, 0.29) is 5.75 Å². The quantitative estimate of drug-likeness (QED) is 0.816. The highest BCUT2D eigenvalue weighted by molar-refractivity contribution is 5.92. The number of benzene rings is 2. The Hall–Kier alpha value is -2.55. The monoisotopic (exact) mass is 268 g/mol. The van der Waals surface area contributed by atoms with Crippen LogP contribution in [-0.4, -0.2) is 16.2 Å². The van der Waals surface area contributed by atoms with Crippen LogP contribution >= 0.6 is 0 Å². The lowest BCUT2D eigenvalue weighted by Gasteiger charge is -2.04. The minimum atomic E-state index is -0.908. The normalized spacial score (nSPS) is 11.3. The number of phenolic OH excluding ortho intramolecular Hbond substituents is 1. The van der Waals surface area contributed by atoms with Crippen LogP contribution in [0.15, 0.2) is 60.2 Å². The van der Waals surface area contributed by atoms with E-state index in [1.807, 2.05) is 30.3 Å². The SMILES string of the molecule is O=C(O)/C(=C/c1ccc(O)cc1)CCc1ccccc1. The third-order valence-electron chi connectivity index (χ3n) is 3.03. The first-order valence-corrected chi connectivity index (χ1v) is 6.42. The summed E-state index contributed by atoms with van der Waals surface area (Å²) in [7, 11) is 0. The largest absolute Gasteiger partial charge is 0.508 e. The number of carboxylic acids is 1. The maximum atomic E-state index is 11.3. The van der Waals surface area contributed by atoms with Crippen LogP contribution in [0.1, 0.15) is 17.5 Å². The highest BCUT2D eigenvalue weighted by Gasteiger charge is 2.07. The van der Waals surface area contributed by atoms with E-state index in [9.17, 15) is 15.0 Å². The van der Waals surface area contributed by atoms with Crippen molar-refractivity contribution in [1.29, 1.82) is 0 Å². The second kappa shape index (κ2) is 6.57. The molecule has 0 aromatic heterocycles. The number of hydrogen-bond donors (Lipinski definition) is 2. The van der Waals surface area contributed by atoms with E-state index >= 15 is 0 Å². The standard InChI is InChI=1S/C17H16O3/c18-16-10-7-14(8-11-16)12-15(17(19)20)9-6-13-4-2-1-3-5-13/h1-5,7-8,10-12,18H,6,9H2,(H,19,20)/b15-12+. The number of hydrogen-bond acceptors (Lipinski definition) is 2. The molecule has 0 atom stereocenters. The fourth-order valence-electron chi connectivity index (χ4n) is 1.94. The van der Waals surface area contributed by atoms with Gasteiger partial charge in [0.25, 0.3) is 0 Å². The van der Waals surface area contributed by atoms with Crippen LogP contribution in [0.25, 0.3) is 6.08 Å². The van der Waals surface area contributed by atoms with Crippen molar-refractivity contribution in [2.75, 3.05) is 0 Å². The van der Waals surface area contributed by atoms with E-state index in [0.29, 0.717) is 18.4 Å². The lowest BCUT2D eigenvalue weighted by atomic mass is 10.0. The first-order chi connectivity index (χ1) is 9.65. The maximum Gasteiger partial charge on any atom is 0.331 e. The molecule has 0 saturated heterocycles. The summed E-state index contributed by atoms with van der Waals surface area (Å²) in [6.07, 6.45) is 2.81. The van der Waals surface area contributed by atoms with E-state index < -0.39 is 5.97 Å². The van der Waals surface area contributed by atoms with Gasteiger partial charge in [0.1, 0.15) is 5.75 Å². The van der Waals surface area contributed by atoms with Crippen LogP contribution in [0.4, 0.5) is 0 Å². The van der Waals surface area contributed by atoms with E-state index in [2.05, 4.69) is 0 Å². The molecule has 0 heterocycles. The molecule has 3 nitrogen and oxygen atoms in total. The molecule has 2 aromatic rings. The highest BCUT2D eigenvalue weighted by atomic mass is 16.4. The Morgan fingerprint density at radius 2 is 1.65 bits per heavy atom. The lowest BCUT2D eigenvalue weighted by Crippen LogP contribution is -2.02. The Labute approximate surface area is 117 Å². The van der Waals surface area contributed by atoms with Crippen LogP contribution in [0, 0.1) is 0 Å². The molecule has 0 saturated carbocycles. The Morgan fingerprint density at radius 1 is 1.00 bits per heavy atom. The summed E-state index contributed by atoms with van der Waals surface area (Å²) in [5, 5.41) is 18.5. The molecule has 0 amide bonds. The zero-order valence-electron chi connectivity index (χ0n) is 11.0. The van der Waals surface area contributed by atoms with Crippen LogP contribution in [0.5, 0.6) is 5.75 Å². The zero-order chi connectivity index (χ0) is 14.4. The van der Waals surface area contributed by atoms with E-state index in [0.717, 1.165) is 11.1 Å². The van der Waals surface area contributed by atoms with Gasteiger partial charge in [-0.25, -0.2) is 4.79 Å². The smallest absolute Gasteiger partial charge is 0.331 e. The van der Waals surface area contributed by atoms with Crippen molar-refractivity contribution in [3.8, 4) is 5.75 Å². The van der Waals surface area contributed by atoms with E-state index in [1.165, 1.54) is 0 Å². The molecule has 0 aliphatic heterocycles. The van der Waals surface area contributed by atoms with E-state index in [4.69, 9.17) is 0 Å². The van der Waals surface area contributed by atoms with Crippen molar-refractivity contribution in [1.82, 2.24) is 0 Å². The Kier molecular flexibility index (Phi) is 4.56. The molecule has 102 valence electrons. The molecule has 2 rings (SSSR count). The summed E-state index contributed by atoms with van der Waals surface area (Å²) in [5.74, 6) is -0.739. The topological polar surface area (TPSA) is 57.5 Å². The number of phenols is 1. The molecule has 0 aliphatic rings. The maximum absolute atomic E-state index is 11.3. The van der Waals surface area contributed by atoms with Gasteiger partial charge >= 0.3 is 5.97 Å². The van der Waals surface area contributed by atoms with Crippen molar-refractivity contribution in [3.05, 3.63) is 71.3 Å². The van der Waals surface area contributed by atoms with Crippen molar-refractivity contribution in [2.45, 2.75) is 12.8 Å². The molecule has 0 aliphatic carbocycles. The van der Waals surface area contributed by atoms with E-state index in [1.54, 1.807) is 30.3 Å². The second-order valence-electron chi connectivity index (χ2n) is 4.55. The fourth-order valence-corrected chi connectivity index (χ4v) is 1.94. The molecule has 2 N–H and O–H groups in total. The summed E-state index contributed by atoms with van der Waals surface area (Å²) in [6.45, 7) is 0. The molecule has 2 aromatic carbocycles. The van der Waals surface area contributed by atoms with Gasteiger partial charge in [0.2, 0.25) is 0 Å². The Morgan fingerprint density at radius 3 is 2.25 bits per heavy atom. The molecule has 0 fully saturated rings. The van der Waals surface area contributed by atoms with Gasteiger partial charge in [-0.2, -0.15) is 0 Å². The molecule has 0 spiro atoms. The lowest BCUT2D eigenvalue weighted by molar-refractivity contribution is -0.132. The van der Waals surface area contributed by atoms with Crippen molar-refractivity contribution in [3.63, 3.8) is 0 Å². The van der Waals surface area contributed by atoms with Crippen molar-refractivity contribution >= 4 is 12.0 Å². The van der Waals surface area contributed by atoms with Gasteiger partial charge in [0.15, 0.2) is 0 Å². The van der Waals surface area contributed by atoms with Gasteiger partial charge in [0, 0.05) is 5.57 Å². The number of carbonyl (C=O) groups is 1. The first-order valence-electron chi connectivity index (χ1n) is 6.42. The average molecular weight is 268 g/mol. The number of aromatic hydroxyl groups is 1. The Bertz CT molecular complexity index is 598. The molecule has 0 radical (unpaired) electrons. The number of rotatable bonds is 5. The zero-order valence-corrected chi connectivity index (χ0v) is 11.0. The van der Waals surface area contributed by atoms with Crippen LogP contribution in [0.2, 0.25) is 0 Å². The fraction of sp³-hybridized carbons (Fsp3) is 0.118. The Balaban J connectivity index is 2.11. The predicted octanol–water partition coefficient (Wildman–Crippen LogP) is 3.49. The molecule has 20 heavy (non-hydrogen) atoms. The molecule has 0 unspecified atom stereocenters.